The van der Waals surface area contributed by atoms with E-state index in [4.69, 9.17) is 4.74 Å². The lowest BCUT2D eigenvalue weighted by atomic mass is 10.0. The lowest BCUT2D eigenvalue weighted by molar-refractivity contribution is -0.138. The Hall–Kier alpha value is -3.19. The molecule has 2 aromatic carbocycles. The smallest absolute Gasteiger partial charge is 0.278 e. The number of imide groups is 1. The zero-order chi connectivity index (χ0) is 20.3. The first kappa shape index (κ1) is 19.6. The lowest BCUT2D eigenvalue weighted by Crippen LogP contribution is -2.34. The summed E-state index contributed by atoms with van der Waals surface area (Å²) in [5, 5.41) is 9.30. The zero-order valence-corrected chi connectivity index (χ0v) is 15.7. The quantitative estimate of drug-likeness (QED) is 0.740. The summed E-state index contributed by atoms with van der Waals surface area (Å²) in [4.78, 5) is 29.0. The Morgan fingerprint density at radius 1 is 1.07 bits per heavy atom. The van der Waals surface area contributed by atoms with Gasteiger partial charge in [-0.2, -0.15) is 0 Å². The highest BCUT2D eigenvalue weighted by atomic mass is 19.1. The summed E-state index contributed by atoms with van der Waals surface area (Å²) < 4.78 is 18.5. The van der Waals surface area contributed by atoms with E-state index in [0.29, 0.717) is 16.9 Å². The number of rotatable bonds is 7. The first-order valence-electron chi connectivity index (χ1n) is 8.78. The van der Waals surface area contributed by atoms with Crippen LogP contribution in [0.4, 0.5) is 4.39 Å². The van der Waals surface area contributed by atoms with E-state index in [-0.39, 0.29) is 36.8 Å². The molecule has 0 fully saturated rings. The molecule has 28 heavy (non-hydrogen) atoms. The maximum Gasteiger partial charge on any atom is 0.278 e. The van der Waals surface area contributed by atoms with Gasteiger partial charge in [0.05, 0.1) is 25.8 Å². The Balaban J connectivity index is 2.05. The average Bonchev–Trinajstić information content (AvgIpc) is 2.94. The summed E-state index contributed by atoms with van der Waals surface area (Å²) >= 11 is 0. The highest BCUT2D eigenvalue weighted by Gasteiger charge is 2.41. The maximum atomic E-state index is 13.2. The second-order valence-corrected chi connectivity index (χ2v) is 6.39. The van der Waals surface area contributed by atoms with Crippen molar-refractivity contribution in [3.8, 4) is 5.75 Å². The fourth-order valence-electron chi connectivity index (χ4n) is 3.19. The van der Waals surface area contributed by atoms with Crippen LogP contribution in [0, 0.1) is 5.82 Å². The molecule has 146 valence electrons. The molecule has 0 spiro atoms. The molecule has 0 bridgehead atoms. The first-order chi connectivity index (χ1) is 13.5. The van der Waals surface area contributed by atoms with Crippen molar-refractivity contribution in [2.24, 2.45) is 0 Å². The molecule has 6 nitrogen and oxygen atoms in total. The third-order valence-electron chi connectivity index (χ3n) is 4.59. The Kier molecular flexibility index (Phi) is 5.75. The number of aliphatic hydroxyl groups excluding tert-OH is 1. The zero-order valence-electron chi connectivity index (χ0n) is 15.7. The Labute approximate surface area is 162 Å². The van der Waals surface area contributed by atoms with Crippen LogP contribution in [0.15, 0.2) is 54.2 Å². The molecule has 3 rings (SSSR count). The predicted octanol–water partition coefficient (Wildman–Crippen LogP) is 2.04. The number of carbonyl (C=O) groups is 2. The molecule has 1 N–H and O–H groups in total. The summed E-state index contributed by atoms with van der Waals surface area (Å²) in [5.74, 6) is -0.846. The molecule has 0 unspecified atom stereocenters. The molecule has 1 heterocycles. The number of para-hydroxylation sites is 1. The van der Waals surface area contributed by atoms with E-state index in [1.807, 2.05) is 0 Å². The minimum absolute atomic E-state index is 0.0209. The first-order valence-corrected chi connectivity index (χ1v) is 8.78. The van der Waals surface area contributed by atoms with Crippen LogP contribution in [0.3, 0.4) is 0 Å². The second-order valence-electron chi connectivity index (χ2n) is 6.39. The summed E-state index contributed by atoms with van der Waals surface area (Å²) in [6.45, 7) is 0.0447. The van der Waals surface area contributed by atoms with Gasteiger partial charge in [0.25, 0.3) is 11.8 Å². The number of nitrogens with zero attached hydrogens (tertiary/aromatic N) is 2. The topological polar surface area (TPSA) is 70.1 Å². The highest BCUT2D eigenvalue weighted by Crippen LogP contribution is 2.36. The van der Waals surface area contributed by atoms with E-state index in [1.165, 1.54) is 31.4 Å². The molecule has 1 aliphatic rings. The minimum Gasteiger partial charge on any atom is -0.496 e. The van der Waals surface area contributed by atoms with E-state index in [1.54, 1.807) is 36.2 Å². The molecule has 2 amide bonds. The molecular formula is C21H21FN2O4. The molecule has 0 saturated carbocycles. The molecular weight excluding hydrogens is 363 g/mol. The van der Waals surface area contributed by atoms with E-state index in [9.17, 15) is 19.1 Å². The van der Waals surface area contributed by atoms with Gasteiger partial charge < -0.3 is 14.7 Å². The number of halogens is 1. The van der Waals surface area contributed by atoms with Crippen LogP contribution in [0.5, 0.6) is 5.75 Å². The number of aliphatic hydroxyl groups is 1. The SMILES string of the molecule is COc1ccccc1C1=C(N(C)CCO)C(=O)N(Cc2ccc(F)cc2)C1=O. The summed E-state index contributed by atoms with van der Waals surface area (Å²) in [7, 11) is 3.14. The second kappa shape index (κ2) is 8.22. The molecule has 1 aliphatic heterocycles. The number of methoxy groups -OCH3 is 1. The van der Waals surface area contributed by atoms with E-state index < -0.39 is 11.8 Å². The lowest BCUT2D eigenvalue weighted by Gasteiger charge is -2.20. The van der Waals surface area contributed by atoms with Gasteiger partial charge in [0.15, 0.2) is 0 Å². The fourth-order valence-corrected chi connectivity index (χ4v) is 3.19. The molecule has 7 heteroatoms. The van der Waals surface area contributed by atoms with Crippen molar-refractivity contribution in [1.82, 2.24) is 9.80 Å². The van der Waals surface area contributed by atoms with Crippen LogP contribution in [0.1, 0.15) is 11.1 Å². The third-order valence-corrected chi connectivity index (χ3v) is 4.59. The van der Waals surface area contributed by atoms with Crippen LogP contribution in [0.25, 0.3) is 5.57 Å². The average molecular weight is 384 g/mol. The van der Waals surface area contributed by atoms with Crippen LogP contribution in [0.2, 0.25) is 0 Å². The number of amides is 2. The summed E-state index contributed by atoms with van der Waals surface area (Å²) in [6, 6.07) is 12.6. The Morgan fingerprint density at radius 3 is 2.39 bits per heavy atom. The van der Waals surface area contributed by atoms with E-state index >= 15 is 0 Å². The highest BCUT2D eigenvalue weighted by molar-refractivity contribution is 6.35. The molecule has 0 aromatic heterocycles. The molecule has 2 aromatic rings. The van der Waals surface area contributed by atoms with Gasteiger partial charge in [0.2, 0.25) is 0 Å². The van der Waals surface area contributed by atoms with E-state index in [2.05, 4.69) is 0 Å². The Bertz CT molecular complexity index is 924. The van der Waals surface area contributed by atoms with Gasteiger partial charge in [-0.3, -0.25) is 14.5 Å². The van der Waals surface area contributed by atoms with Gasteiger partial charge in [-0.15, -0.1) is 0 Å². The molecule has 0 radical (unpaired) electrons. The summed E-state index contributed by atoms with van der Waals surface area (Å²) in [5.41, 5.74) is 1.56. The van der Waals surface area contributed by atoms with E-state index in [0.717, 1.165) is 4.90 Å². The monoisotopic (exact) mass is 384 g/mol. The largest absolute Gasteiger partial charge is 0.496 e. The van der Waals surface area contributed by atoms with Crippen molar-refractivity contribution < 1.29 is 23.8 Å². The van der Waals surface area contributed by atoms with Gasteiger partial charge in [-0.1, -0.05) is 30.3 Å². The van der Waals surface area contributed by atoms with Crippen molar-refractivity contribution in [2.45, 2.75) is 6.54 Å². The standard InChI is InChI=1S/C21H21FN2O4/c1-23(11-12-25)19-18(16-5-3-4-6-17(16)28-2)20(26)24(21(19)27)13-14-7-9-15(22)10-8-14/h3-10,25H,11-13H2,1-2H3. The van der Waals surface area contributed by atoms with Gasteiger partial charge in [-0.05, 0) is 23.8 Å². The minimum atomic E-state index is -0.466. The molecule has 0 saturated heterocycles. The number of carbonyl (C=O) groups excluding carboxylic acids is 2. The number of hydrogen-bond acceptors (Lipinski definition) is 5. The Morgan fingerprint density at radius 2 is 1.75 bits per heavy atom. The number of hydrogen-bond donors (Lipinski definition) is 1. The fraction of sp³-hybridized carbons (Fsp3) is 0.238. The normalized spacial score (nSPS) is 14.1. The van der Waals surface area contributed by atoms with Gasteiger partial charge in [-0.25, -0.2) is 4.39 Å². The molecule has 0 atom stereocenters. The van der Waals surface area contributed by atoms with Crippen LogP contribution >= 0.6 is 0 Å². The number of ether oxygens (including phenoxy) is 1. The maximum absolute atomic E-state index is 13.2. The number of likely N-dealkylation sites (N-methyl/N-ethyl adjacent to an activating group) is 1. The van der Waals surface area contributed by atoms with Crippen molar-refractivity contribution in [1.29, 1.82) is 0 Å². The van der Waals surface area contributed by atoms with Crippen molar-refractivity contribution in [3.05, 3.63) is 71.2 Å². The van der Waals surface area contributed by atoms with Crippen molar-refractivity contribution >= 4 is 17.4 Å². The number of benzene rings is 2. The van der Waals surface area contributed by atoms with Crippen LogP contribution < -0.4 is 4.74 Å². The van der Waals surface area contributed by atoms with Crippen LogP contribution in [-0.2, 0) is 16.1 Å². The third kappa shape index (κ3) is 3.61. The predicted molar refractivity (Wildman–Crippen MR) is 102 cm³/mol. The summed E-state index contributed by atoms with van der Waals surface area (Å²) in [6.07, 6.45) is 0. The van der Waals surface area contributed by atoms with Crippen molar-refractivity contribution in [3.63, 3.8) is 0 Å². The van der Waals surface area contributed by atoms with Gasteiger partial charge in [0, 0.05) is 19.2 Å². The van der Waals surface area contributed by atoms with Gasteiger partial charge in [0.1, 0.15) is 17.3 Å². The van der Waals surface area contributed by atoms with Crippen molar-refractivity contribution in [2.75, 3.05) is 27.3 Å². The van der Waals surface area contributed by atoms with Crippen LogP contribution in [-0.4, -0.2) is 54.0 Å². The van der Waals surface area contributed by atoms with Gasteiger partial charge >= 0.3 is 0 Å². The molecule has 0 aliphatic carbocycles.